The Morgan fingerprint density at radius 2 is 2.11 bits per heavy atom. The summed E-state index contributed by atoms with van der Waals surface area (Å²) in [7, 11) is 1.91. The molecule has 1 aromatic heterocycles. The van der Waals surface area contributed by atoms with Crippen LogP contribution in [-0.4, -0.2) is 16.4 Å². The van der Waals surface area contributed by atoms with E-state index in [1.165, 1.54) is 0 Å². The van der Waals surface area contributed by atoms with E-state index in [1.807, 2.05) is 49.8 Å². The van der Waals surface area contributed by atoms with Gasteiger partial charge >= 0.3 is 0 Å². The first-order valence-corrected chi connectivity index (χ1v) is 6.94. The third kappa shape index (κ3) is 3.29. The van der Waals surface area contributed by atoms with Crippen LogP contribution >= 0.6 is 15.9 Å². The highest BCUT2D eigenvalue weighted by Crippen LogP contribution is 2.35. The fraction of sp³-hybridized carbons (Fsp3) is 0.357. The molecule has 0 amide bonds. The van der Waals surface area contributed by atoms with Crippen LogP contribution in [0.1, 0.15) is 18.3 Å². The van der Waals surface area contributed by atoms with Crippen molar-refractivity contribution in [3.8, 4) is 11.5 Å². The van der Waals surface area contributed by atoms with Gasteiger partial charge in [0.15, 0.2) is 11.5 Å². The van der Waals surface area contributed by atoms with E-state index >= 15 is 0 Å². The molecule has 1 aromatic carbocycles. The molecule has 0 radical (unpaired) electrons. The maximum absolute atomic E-state index is 5.87. The van der Waals surface area contributed by atoms with E-state index in [0.717, 1.165) is 27.4 Å². The van der Waals surface area contributed by atoms with Crippen LogP contribution in [0.2, 0.25) is 0 Å². The van der Waals surface area contributed by atoms with Gasteiger partial charge in [0.1, 0.15) is 6.61 Å². The molecule has 19 heavy (non-hydrogen) atoms. The Morgan fingerprint density at radius 3 is 2.74 bits per heavy atom. The normalized spacial score (nSPS) is 10.5. The first-order valence-electron chi connectivity index (χ1n) is 6.15. The van der Waals surface area contributed by atoms with Gasteiger partial charge in [-0.25, -0.2) is 0 Å². The largest absolute Gasteiger partial charge is 0.490 e. The van der Waals surface area contributed by atoms with Crippen molar-refractivity contribution in [2.75, 3.05) is 6.61 Å². The Morgan fingerprint density at radius 1 is 1.32 bits per heavy atom. The van der Waals surface area contributed by atoms with Gasteiger partial charge in [-0.1, -0.05) is 6.07 Å². The van der Waals surface area contributed by atoms with Crippen molar-refractivity contribution in [2.24, 2.45) is 7.05 Å². The molecule has 0 N–H and O–H groups in total. The van der Waals surface area contributed by atoms with Crippen LogP contribution in [-0.2, 0) is 13.7 Å². The number of halogens is 1. The highest BCUT2D eigenvalue weighted by Gasteiger charge is 2.11. The average Bonchev–Trinajstić information content (AvgIpc) is 2.67. The lowest BCUT2D eigenvalue weighted by molar-refractivity contribution is 0.261. The van der Waals surface area contributed by atoms with E-state index in [9.17, 15) is 0 Å². The summed E-state index contributed by atoms with van der Waals surface area (Å²) in [5, 5.41) is 4.30. The molecule has 102 valence electrons. The molecule has 0 bridgehead atoms. The molecule has 0 spiro atoms. The standard InChI is InChI=1S/C14H17BrN2O2/c1-4-18-13-7-5-6-12(15)14(13)19-9-11-8-10(2)16-17(11)3/h5-8H,4,9H2,1-3H3. The van der Waals surface area contributed by atoms with Crippen LogP contribution < -0.4 is 9.47 Å². The molecule has 0 saturated carbocycles. The van der Waals surface area contributed by atoms with Crippen LogP contribution in [0.4, 0.5) is 0 Å². The summed E-state index contributed by atoms with van der Waals surface area (Å²) in [5.41, 5.74) is 2.01. The Bertz CT molecular complexity index is 567. The van der Waals surface area contributed by atoms with E-state index in [2.05, 4.69) is 21.0 Å². The molecule has 2 rings (SSSR count). The third-order valence-electron chi connectivity index (χ3n) is 2.69. The lowest BCUT2D eigenvalue weighted by Gasteiger charge is -2.13. The van der Waals surface area contributed by atoms with Crippen molar-refractivity contribution in [1.29, 1.82) is 0 Å². The number of aromatic nitrogens is 2. The highest BCUT2D eigenvalue weighted by molar-refractivity contribution is 9.10. The van der Waals surface area contributed by atoms with Crippen molar-refractivity contribution >= 4 is 15.9 Å². The predicted molar refractivity (Wildman–Crippen MR) is 77.6 cm³/mol. The van der Waals surface area contributed by atoms with Crippen molar-refractivity contribution in [3.05, 3.63) is 40.1 Å². The van der Waals surface area contributed by atoms with Crippen LogP contribution in [0.5, 0.6) is 11.5 Å². The fourth-order valence-corrected chi connectivity index (χ4v) is 2.31. The van der Waals surface area contributed by atoms with Gasteiger partial charge in [0.2, 0.25) is 0 Å². The number of hydrogen-bond donors (Lipinski definition) is 0. The second-order valence-corrected chi connectivity index (χ2v) is 5.04. The SMILES string of the molecule is CCOc1cccc(Br)c1OCc1cc(C)nn1C. The summed E-state index contributed by atoms with van der Waals surface area (Å²) in [6.45, 7) is 4.99. The Kier molecular flexibility index (Phi) is 4.47. The van der Waals surface area contributed by atoms with Crippen LogP contribution in [0.15, 0.2) is 28.7 Å². The third-order valence-corrected chi connectivity index (χ3v) is 3.32. The lowest BCUT2D eigenvalue weighted by Crippen LogP contribution is -2.04. The summed E-state index contributed by atoms with van der Waals surface area (Å²) in [6, 6.07) is 7.78. The minimum atomic E-state index is 0.458. The first kappa shape index (κ1) is 13.9. The zero-order valence-electron chi connectivity index (χ0n) is 11.3. The summed E-state index contributed by atoms with van der Waals surface area (Å²) >= 11 is 3.49. The Hall–Kier alpha value is -1.49. The number of hydrogen-bond acceptors (Lipinski definition) is 3. The van der Waals surface area contributed by atoms with E-state index in [-0.39, 0.29) is 0 Å². The van der Waals surface area contributed by atoms with Crippen LogP contribution in [0.25, 0.3) is 0 Å². The van der Waals surface area contributed by atoms with Crippen molar-refractivity contribution in [1.82, 2.24) is 9.78 Å². The second kappa shape index (κ2) is 6.10. The molecular formula is C14H17BrN2O2. The molecule has 0 aliphatic carbocycles. The fourth-order valence-electron chi connectivity index (χ4n) is 1.84. The van der Waals surface area contributed by atoms with Gasteiger partial charge < -0.3 is 9.47 Å². The van der Waals surface area contributed by atoms with E-state index in [1.54, 1.807) is 0 Å². The minimum Gasteiger partial charge on any atom is -0.490 e. The lowest BCUT2D eigenvalue weighted by atomic mass is 10.3. The molecular weight excluding hydrogens is 308 g/mol. The Labute approximate surface area is 121 Å². The van der Waals surface area contributed by atoms with Crippen LogP contribution in [0, 0.1) is 6.92 Å². The monoisotopic (exact) mass is 324 g/mol. The van der Waals surface area contributed by atoms with Crippen molar-refractivity contribution in [3.63, 3.8) is 0 Å². The van der Waals surface area contributed by atoms with Crippen molar-refractivity contribution < 1.29 is 9.47 Å². The molecule has 0 aliphatic rings. The summed E-state index contributed by atoms with van der Waals surface area (Å²) < 4.78 is 14.1. The van der Waals surface area contributed by atoms with Gasteiger partial charge in [0.05, 0.1) is 22.5 Å². The van der Waals surface area contributed by atoms with Gasteiger partial charge in [-0.2, -0.15) is 5.10 Å². The topological polar surface area (TPSA) is 36.3 Å². The van der Waals surface area contributed by atoms with E-state index < -0.39 is 0 Å². The molecule has 0 saturated heterocycles. The van der Waals surface area contributed by atoms with Gasteiger partial charge in [-0.15, -0.1) is 0 Å². The molecule has 0 atom stereocenters. The zero-order chi connectivity index (χ0) is 13.8. The van der Waals surface area contributed by atoms with Gasteiger partial charge in [0, 0.05) is 7.05 Å². The number of benzene rings is 1. The summed E-state index contributed by atoms with van der Waals surface area (Å²) in [5.74, 6) is 1.47. The zero-order valence-corrected chi connectivity index (χ0v) is 12.9. The molecule has 0 fully saturated rings. The number of para-hydroxylation sites is 1. The molecule has 0 unspecified atom stereocenters. The average molecular weight is 325 g/mol. The molecule has 4 nitrogen and oxygen atoms in total. The second-order valence-electron chi connectivity index (χ2n) is 4.19. The van der Waals surface area contributed by atoms with E-state index in [4.69, 9.17) is 9.47 Å². The van der Waals surface area contributed by atoms with Crippen LogP contribution in [0.3, 0.4) is 0 Å². The summed E-state index contributed by atoms with van der Waals surface area (Å²) in [6.07, 6.45) is 0. The maximum atomic E-state index is 5.87. The van der Waals surface area contributed by atoms with Crippen molar-refractivity contribution in [2.45, 2.75) is 20.5 Å². The Balaban J connectivity index is 2.17. The maximum Gasteiger partial charge on any atom is 0.175 e. The highest BCUT2D eigenvalue weighted by atomic mass is 79.9. The van der Waals surface area contributed by atoms with Gasteiger partial charge in [-0.3, -0.25) is 4.68 Å². The molecule has 1 heterocycles. The van der Waals surface area contributed by atoms with E-state index in [0.29, 0.717) is 13.2 Å². The molecule has 5 heteroatoms. The predicted octanol–water partition coefficient (Wildman–Crippen LogP) is 3.47. The number of rotatable bonds is 5. The summed E-state index contributed by atoms with van der Waals surface area (Å²) in [4.78, 5) is 0. The number of ether oxygens (including phenoxy) is 2. The van der Waals surface area contributed by atoms with Gasteiger partial charge in [0.25, 0.3) is 0 Å². The quantitative estimate of drug-likeness (QED) is 0.844. The number of aryl methyl sites for hydroxylation is 2. The smallest absolute Gasteiger partial charge is 0.175 e. The number of nitrogens with zero attached hydrogens (tertiary/aromatic N) is 2. The molecule has 0 aliphatic heterocycles. The first-order chi connectivity index (χ1) is 9.11. The minimum absolute atomic E-state index is 0.458. The van der Waals surface area contributed by atoms with Gasteiger partial charge in [-0.05, 0) is 48.0 Å². The molecule has 2 aromatic rings.